The van der Waals surface area contributed by atoms with E-state index in [-0.39, 0.29) is 16.6 Å². The second kappa shape index (κ2) is 6.39. The Balaban J connectivity index is 3.39. The van der Waals surface area contributed by atoms with Gasteiger partial charge in [0.25, 0.3) is 0 Å². The molecule has 9 heteroatoms. The molecule has 112 valence electrons. The molecule has 0 saturated heterocycles. The summed E-state index contributed by atoms with van der Waals surface area (Å²) in [6.45, 7) is 2.46. The maximum atomic E-state index is 12.3. The molecule has 1 rings (SSSR count). The van der Waals surface area contributed by atoms with E-state index in [2.05, 4.69) is 0 Å². The number of carboxylic acids is 1. The summed E-state index contributed by atoms with van der Waals surface area (Å²) in [7, 11) is -4.09. The zero-order valence-corrected chi connectivity index (χ0v) is 12.3. The first kappa shape index (κ1) is 16.7. The second-order valence-corrected chi connectivity index (χ2v) is 6.39. The fourth-order valence-electron chi connectivity index (χ4n) is 1.73. The maximum Gasteiger partial charge on any atom is 0.352 e. The summed E-state index contributed by atoms with van der Waals surface area (Å²) in [6.07, 6.45) is 1.20. The van der Waals surface area contributed by atoms with E-state index in [4.69, 9.17) is 15.6 Å². The molecule has 21 heavy (non-hydrogen) atoms. The van der Waals surface area contributed by atoms with Gasteiger partial charge in [-0.3, -0.25) is 0 Å². The lowest BCUT2D eigenvalue weighted by atomic mass is 10.3. The highest BCUT2D eigenvalue weighted by molar-refractivity contribution is 7.89. The van der Waals surface area contributed by atoms with E-state index >= 15 is 0 Å². The number of rotatable bonds is 6. The van der Waals surface area contributed by atoms with Gasteiger partial charge in [-0.15, -0.1) is 0 Å². The zero-order valence-electron chi connectivity index (χ0n) is 11.5. The first-order valence-corrected chi connectivity index (χ1v) is 7.39. The number of aromatic carboxylic acids is 1. The smallest absolute Gasteiger partial charge is 0.352 e. The lowest BCUT2D eigenvalue weighted by Crippen LogP contribution is -2.31. The van der Waals surface area contributed by atoms with E-state index in [1.807, 2.05) is 0 Å². The molecule has 0 aromatic carbocycles. The Morgan fingerprint density at radius 1 is 1.38 bits per heavy atom. The highest BCUT2D eigenvalue weighted by Gasteiger charge is 2.28. The Morgan fingerprint density at radius 3 is 2.24 bits per heavy atom. The third-order valence-corrected chi connectivity index (χ3v) is 4.49. The van der Waals surface area contributed by atoms with E-state index in [0.717, 1.165) is 6.07 Å². The van der Waals surface area contributed by atoms with Gasteiger partial charge in [-0.05, 0) is 19.9 Å². The SMILES string of the molecule is CC(C)n1cc(S(=O)(=O)N(CC#N)CC#N)cc1C(=O)O. The monoisotopic (exact) mass is 310 g/mol. The molecule has 0 saturated carbocycles. The van der Waals surface area contributed by atoms with Crippen LogP contribution in [0, 0.1) is 22.7 Å². The van der Waals surface area contributed by atoms with E-state index < -0.39 is 29.1 Å². The highest BCUT2D eigenvalue weighted by Crippen LogP contribution is 2.22. The van der Waals surface area contributed by atoms with Gasteiger partial charge in [-0.1, -0.05) is 0 Å². The van der Waals surface area contributed by atoms with E-state index in [9.17, 15) is 13.2 Å². The lowest BCUT2D eigenvalue weighted by Gasteiger charge is -2.14. The van der Waals surface area contributed by atoms with Crippen LogP contribution in [0.5, 0.6) is 0 Å². The van der Waals surface area contributed by atoms with Gasteiger partial charge in [0.2, 0.25) is 10.0 Å². The van der Waals surface area contributed by atoms with Crippen LogP contribution in [0.3, 0.4) is 0 Å². The molecule has 0 aliphatic heterocycles. The predicted octanol–water partition coefficient (Wildman–Crippen LogP) is 0.805. The molecule has 0 aliphatic carbocycles. The van der Waals surface area contributed by atoms with Crippen molar-refractivity contribution in [1.29, 1.82) is 10.5 Å². The fourth-order valence-corrected chi connectivity index (χ4v) is 2.99. The number of nitriles is 2. The molecule has 0 aliphatic rings. The largest absolute Gasteiger partial charge is 0.477 e. The summed E-state index contributed by atoms with van der Waals surface area (Å²) in [4.78, 5) is 10.9. The van der Waals surface area contributed by atoms with Crippen molar-refractivity contribution in [1.82, 2.24) is 8.87 Å². The summed E-state index contributed by atoms with van der Waals surface area (Å²) in [5, 5.41) is 26.4. The van der Waals surface area contributed by atoms with Crippen LogP contribution in [0.4, 0.5) is 0 Å². The van der Waals surface area contributed by atoms with Crippen molar-refractivity contribution in [3.05, 3.63) is 18.0 Å². The van der Waals surface area contributed by atoms with Crippen molar-refractivity contribution < 1.29 is 18.3 Å². The molecule has 8 nitrogen and oxygen atoms in total. The van der Waals surface area contributed by atoms with Crippen LogP contribution in [0.15, 0.2) is 17.2 Å². The van der Waals surface area contributed by atoms with Gasteiger partial charge < -0.3 is 9.67 Å². The minimum absolute atomic E-state index is 0.169. The van der Waals surface area contributed by atoms with Gasteiger partial charge >= 0.3 is 5.97 Å². The normalized spacial score (nSPS) is 11.3. The molecule has 1 aromatic heterocycles. The molecular formula is C12H14N4O4S. The van der Waals surface area contributed by atoms with E-state index in [1.165, 1.54) is 10.8 Å². The quantitative estimate of drug-likeness (QED) is 0.774. The Morgan fingerprint density at radius 2 is 1.90 bits per heavy atom. The average molecular weight is 310 g/mol. The summed E-state index contributed by atoms with van der Waals surface area (Å²) >= 11 is 0. The first-order valence-electron chi connectivity index (χ1n) is 5.95. The van der Waals surface area contributed by atoms with Crippen molar-refractivity contribution in [3.63, 3.8) is 0 Å². The van der Waals surface area contributed by atoms with Crippen LogP contribution in [0.1, 0.15) is 30.4 Å². The fraction of sp³-hybridized carbons (Fsp3) is 0.417. The lowest BCUT2D eigenvalue weighted by molar-refractivity contribution is 0.0683. The molecular weight excluding hydrogens is 296 g/mol. The number of aromatic nitrogens is 1. The molecule has 0 amide bonds. The van der Waals surface area contributed by atoms with Gasteiger partial charge in [0, 0.05) is 12.2 Å². The highest BCUT2D eigenvalue weighted by atomic mass is 32.2. The Bertz CT molecular complexity index is 705. The minimum atomic E-state index is -4.09. The zero-order chi connectivity index (χ0) is 16.2. The number of nitrogens with zero attached hydrogens (tertiary/aromatic N) is 4. The van der Waals surface area contributed by atoms with Crippen LogP contribution in [0.25, 0.3) is 0 Å². The predicted molar refractivity (Wildman–Crippen MR) is 71.8 cm³/mol. The molecule has 1 heterocycles. The van der Waals surface area contributed by atoms with Crippen LogP contribution in [-0.2, 0) is 10.0 Å². The number of carboxylic acid groups (broad SMARTS) is 1. The summed E-state index contributed by atoms with van der Waals surface area (Å²) in [6, 6.07) is 4.11. The second-order valence-electron chi connectivity index (χ2n) is 4.46. The first-order chi connectivity index (χ1) is 9.75. The Labute approximate surface area is 122 Å². The summed E-state index contributed by atoms with van der Waals surface area (Å²) < 4.78 is 26.7. The molecule has 0 spiro atoms. The molecule has 0 bridgehead atoms. The van der Waals surface area contributed by atoms with Gasteiger partial charge in [0.05, 0.1) is 12.1 Å². The van der Waals surface area contributed by atoms with E-state index in [0.29, 0.717) is 4.31 Å². The van der Waals surface area contributed by atoms with Crippen LogP contribution >= 0.6 is 0 Å². The van der Waals surface area contributed by atoms with Crippen LogP contribution in [-0.4, -0.2) is 41.5 Å². The third-order valence-electron chi connectivity index (χ3n) is 2.73. The van der Waals surface area contributed by atoms with Gasteiger partial charge in [-0.2, -0.15) is 14.8 Å². The van der Waals surface area contributed by atoms with Gasteiger partial charge in [-0.25, -0.2) is 13.2 Å². The number of sulfonamides is 1. The molecule has 1 aromatic rings. The summed E-state index contributed by atoms with van der Waals surface area (Å²) in [5.74, 6) is -1.25. The Kier molecular flexibility index (Phi) is 5.08. The summed E-state index contributed by atoms with van der Waals surface area (Å²) in [5.41, 5.74) is -0.169. The van der Waals surface area contributed by atoms with Crippen LogP contribution in [0.2, 0.25) is 0 Å². The standard InChI is InChI=1S/C12H14N4O4S/c1-9(2)16-8-10(7-11(16)12(17)18)21(19,20)15(5-3-13)6-4-14/h7-9H,5-6H2,1-2H3,(H,17,18). The van der Waals surface area contributed by atoms with Crippen molar-refractivity contribution in [2.24, 2.45) is 0 Å². The van der Waals surface area contributed by atoms with Crippen molar-refractivity contribution >= 4 is 16.0 Å². The van der Waals surface area contributed by atoms with Crippen molar-refractivity contribution in [3.8, 4) is 12.1 Å². The minimum Gasteiger partial charge on any atom is -0.477 e. The molecule has 1 N–H and O–H groups in total. The topological polar surface area (TPSA) is 127 Å². The van der Waals surface area contributed by atoms with Crippen LogP contribution < -0.4 is 0 Å². The number of hydrogen-bond donors (Lipinski definition) is 1. The van der Waals surface area contributed by atoms with Crippen molar-refractivity contribution in [2.45, 2.75) is 24.8 Å². The average Bonchev–Trinajstić information content (AvgIpc) is 2.84. The molecule has 0 radical (unpaired) electrons. The van der Waals surface area contributed by atoms with Crippen molar-refractivity contribution in [2.75, 3.05) is 13.1 Å². The van der Waals surface area contributed by atoms with Gasteiger partial charge in [0.15, 0.2) is 0 Å². The third kappa shape index (κ3) is 3.40. The number of hydrogen-bond acceptors (Lipinski definition) is 5. The Hall–Kier alpha value is -2.36. The van der Waals surface area contributed by atoms with Gasteiger partial charge in [0.1, 0.15) is 23.7 Å². The maximum absolute atomic E-state index is 12.3. The van der Waals surface area contributed by atoms with E-state index in [1.54, 1.807) is 26.0 Å². The molecule has 0 fully saturated rings. The number of carbonyl (C=O) groups is 1. The molecule has 0 atom stereocenters. The molecule has 0 unspecified atom stereocenters.